The molecule has 2 unspecified atom stereocenters. The average molecular weight is 390 g/mol. The minimum atomic E-state index is -0.462. The number of anilines is 1. The molecule has 1 N–H and O–H groups in total. The van der Waals surface area contributed by atoms with Crippen LogP contribution in [-0.2, 0) is 22.4 Å². The van der Waals surface area contributed by atoms with Crippen LogP contribution < -0.4 is 5.32 Å². The molecule has 2 aromatic rings. The maximum Gasteiger partial charge on any atom is 0.341 e. The first-order valence-corrected chi connectivity index (χ1v) is 10.4. The molecule has 146 valence electrons. The van der Waals surface area contributed by atoms with E-state index in [1.165, 1.54) is 16.2 Å². The number of thiophene rings is 1. The standard InChI is InChI=1S/C20H27N3O3S/c1-5-13(3)26-20(25)17-15-8-6-7-9-16(15)27-19(17)22-18(24)14(4)23-11-12(2)10-21-23/h10-11,13-14H,5-9H2,1-4H3,(H,22,24). The van der Waals surface area contributed by atoms with Crippen molar-refractivity contribution in [2.45, 2.75) is 71.9 Å². The van der Waals surface area contributed by atoms with E-state index in [0.717, 1.165) is 43.2 Å². The van der Waals surface area contributed by atoms with Gasteiger partial charge in [-0.1, -0.05) is 6.92 Å². The molecule has 0 radical (unpaired) electrons. The number of aromatic nitrogens is 2. The van der Waals surface area contributed by atoms with Crippen molar-refractivity contribution in [2.24, 2.45) is 0 Å². The molecule has 3 rings (SSSR count). The molecule has 0 saturated heterocycles. The smallest absolute Gasteiger partial charge is 0.341 e. The fraction of sp³-hybridized carbons (Fsp3) is 0.550. The van der Waals surface area contributed by atoms with Crippen molar-refractivity contribution >= 4 is 28.2 Å². The second-order valence-corrected chi connectivity index (χ2v) is 8.31. The Morgan fingerprint density at radius 1 is 1.33 bits per heavy atom. The highest BCUT2D eigenvalue weighted by Gasteiger charge is 2.29. The third kappa shape index (κ3) is 4.24. The van der Waals surface area contributed by atoms with Crippen molar-refractivity contribution in [3.05, 3.63) is 34.0 Å². The molecule has 7 heteroatoms. The van der Waals surface area contributed by atoms with Crippen LogP contribution in [0.4, 0.5) is 5.00 Å². The fourth-order valence-electron chi connectivity index (χ4n) is 3.18. The Balaban J connectivity index is 1.86. The van der Waals surface area contributed by atoms with Crippen molar-refractivity contribution < 1.29 is 14.3 Å². The summed E-state index contributed by atoms with van der Waals surface area (Å²) in [6.07, 6.45) is 8.16. The summed E-state index contributed by atoms with van der Waals surface area (Å²) >= 11 is 1.51. The Bertz CT molecular complexity index is 840. The van der Waals surface area contributed by atoms with Crippen molar-refractivity contribution in [3.63, 3.8) is 0 Å². The van der Waals surface area contributed by atoms with Gasteiger partial charge in [-0.05, 0) is 64.0 Å². The molecule has 2 heterocycles. The number of aryl methyl sites for hydroxylation is 2. The third-order valence-corrected chi connectivity index (χ3v) is 6.21. The molecule has 0 saturated carbocycles. The summed E-state index contributed by atoms with van der Waals surface area (Å²) in [7, 11) is 0. The first kappa shape index (κ1) is 19.6. The van der Waals surface area contributed by atoms with E-state index in [4.69, 9.17) is 4.74 Å². The topological polar surface area (TPSA) is 73.2 Å². The first-order valence-electron chi connectivity index (χ1n) is 9.57. The summed E-state index contributed by atoms with van der Waals surface area (Å²) < 4.78 is 7.21. The number of nitrogens with one attached hydrogen (secondary N) is 1. The lowest BCUT2D eigenvalue weighted by Gasteiger charge is -2.16. The third-order valence-electron chi connectivity index (χ3n) is 5.00. The van der Waals surface area contributed by atoms with Gasteiger partial charge in [0.25, 0.3) is 0 Å². The van der Waals surface area contributed by atoms with E-state index in [0.29, 0.717) is 10.6 Å². The van der Waals surface area contributed by atoms with Gasteiger partial charge in [-0.25, -0.2) is 4.79 Å². The molecular formula is C20H27N3O3S. The van der Waals surface area contributed by atoms with Crippen molar-refractivity contribution in [1.82, 2.24) is 9.78 Å². The quantitative estimate of drug-likeness (QED) is 0.748. The number of rotatable bonds is 6. The van der Waals surface area contributed by atoms with Crippen molar-refractivity contribution in [3.8, 4) is 0 Å². The molecule has 2 aromatic heterocycles. The van der Waals surface area contributed by atoms with Crippen LogP contribution in [0, 0.1) is 6.92 Å². The van der Waals surface area contributed by atoms with Crippen LogP contribution in [0.5, 0.6) is 0 Å². The van der Waals surface area contributed by atoms with Gasteiger partial charge in [0.1, 0.15) is 11.0 Å². The predicted octanol–water partition coefficient (Wildman–Crippen LogP) is 4.29. The maximum absolute atomic E-state index is 12.8. The van der Waals surface area contributed by atoms with Crippen LogP contribution in [0.15, 0.2) is 12.4 Å². The van der Waals surface area contributed by atoms with E-state index in [9.17, 15) is 9.59 Å². The second kappa shape index (κ2) is 8.25. The largest absolute Gasteiger partial charge is 0.459 e. The molecule has 1 amide bonds. The van der Waals surface area contributed by atoms with E-state index < -0.39 is 6.04 Å². The number of carbonyl (C=O) groups excluding carboxylic acids is 2. The zero-order chi connectivity index (χ0) is 19.6. The van der Waals surface area contributed by atoms with Gasteiger partial charge in [0.15, 0.2) is 0 Å². The van der Waals surface area contributed by atoms with Gasteiger partial charge in [0.2, 0.25) is 5.91 Å². The highest BCUT2D eigenvalue weighted by molar-refractivity contribution is 7.17. The van der Waals surface area contributed by atoms with Gasteiger partial charge in [0.05, 0.1) is 17.9 Å². The summed E-state index contributed by atoms with van der Waals surface area (Å²) in [6, 6.07) is -0.462. The average Bonchev–Trinajstić information content (AvgIpc) is 3.23. The molecule has 0 bridgehead atoms. The second-order valence-electron chi connectivity index (χ2n) is 7.20. The Morgan fingerprint density at radius 2 is 2.07 bits per heavy atom. The minimum absolute atomic E-state index is 0.147. The lowest BCUT2D eigenvalue weighted by atomic mass is 9.95. The van der Waals surface area contributed by atoms with Crippen molar-refractivity contribution in [1.29, 1.82) is 0 Å². The lowest BCUT2D eigenvalue weighted by molar-refractivity contribution is -0.119. The predicted molar refractivity (Wildman–Crippen MR) is 106 cm³/mol. The molecular weight excluding hydrogens is 362 g/mol. The Kier molecular flexibility index (Phi) is 5.99. The van der Waals surface area contributed by atoms with Gasteiger partial charge >= 0.3 is 5.97 Å². The highest BCUT2D eigenvalue weighted by Crippen LogP contribution is 2.39. The SMILES string of the molecule is CCC(C)OC(=O)c1c(NC(=O)C(C)n2cc(C)cn2)sc2c1CCCC2. The monoisotopic (exact) mass is 389 g/mol. The molecule has 6 nitrogen and oxygen atoms in total. The van der Waals surface area contributed by atoms with E-state index in [1.807, 2.05) is 27.0 Å². The normalized spacial score (nSPS) is 15.7. The zero-order valence-electron chi connectivity index (χ0n) is 16.4. The van der Waals surface area contributed by atoms with E-state index in [-0.39, 0.29) is 18.0 Å². The first-order chi connectivity index (χ1) is 12.9. The number of fused-ring (bicyclic) bond motifs is 1. The highest BCUT2D eigenvalue weighted by atomic mass is 32.1. The van der Waals surface area contributed by atoms with Crippen LogP contribution in [-0.4, -0.2) is 27.8 Å². The maximum atomic E-state index is 12.8. The molecule has 0 aliphatic heterocycles. The molecule has 27 heavy (non-hydrogen) atoms. The minimum Gasteiger partial charge on any atom is -0.459 e. The summed E-state index contributed by atoms with van der Waals surface area (Å²) in [5.74, 6) is -0.518. The molecule has 0 fully saturated rings. The Hall–Kier alpha value is -2.15. The molecule has 2 atom stereocenters. The van der Waals surface area contributed by atoms with E-state index >= 15 is 0 Å². The van der Waals surface area contributed by atoms with Gasteiger partial charge in [-0.3, -0.25) is 9.48 Å². The van der Waals surface area contributed by atoms with Crippen LogP contribution >= 0.6 is 11.3 Å². The summed E-state index contributed by atoms with van der Waals surface area (Å²) in [6.45, 7) is 7.60. The molecule has 1 aliphatic carbocycles. The van der Waals surface area contributed by atoms with Gasteiger partial charge in [-0.15, -0.1) is 11.3 Å². The Labute approximate surface area is 163 Å². The van der Waals surface area contributed by atoms with E-state index in [2.05, 4.69) is 10.4 Å². The lowest BCUT2D eigenvalue weighted by Crippen LogP contribution is -2.25. The van der Waals surface area contributed by atoms with E-state index in [1.54, 1.807) is 17.8 Å². The van der Waals surface area contributed by atoms with Crippen LogP contribution in [0.1, 0.15) is 72.4 Å². The fourth-order valence-corrected chi connectivity index (χ4v) is 4.46. The number of hydrogen-bond donors (Lipinski definition) is 1. The molecule has 0 aromatic carbocycles. The number of esters is 1. The van der Waals surface area contributed by atoms with Crippen LogP contribution in [0.25, 0.3) is 0 Å². The number of carbonyl (C=O) groups is 2. The van der Waals surface area contributed by atoms with Gasteiger partial charge in [0, 0.05) is 11.1 Å². The number of hydrogen-bond acceptors (Lipinski definition) is 5. The number of nitrogens with zero attached hydrogens (tertiary/aromatic N) is 2. The van der Waals surface area contributed by atoms with Crippen LogP contribution in [0.3, 0.4) is 0 Å². The Morgan fingerprint density at radius 3 is 2.74 bits per heavy atom. The summed E-state index contributed by atoms with van der Waals surface area (Å²) in [5.41, 5.74) is 2.60. The van der Waals surface area contributed by atoms with Gasteiger partial charge in [-0.2, -0.15) is 5.10 Å². The number of amides is 1. The summed E-state index contributed by atoms with van der Waals surface area (Å²) in [5, 5.41) is 7.79. The van der Waals surface area contributed by atoms with Gasteiger partial charge < -0.3 is 10.1 Å². The number of ether oxygens (including phenoxy) is 1. The molecule has 1 aliphatic rings. The van der Waals surface area contributed by atoms with Crippen molar-refractivity contribution in [2.75, 3.05) is 5.32 Å². The zero-order valence-corrected chi connectivity index (χ0v) is 17.2. The molecule has 0 spiro atoms. The van der Waals surface area contributed by atoms with Crippen LogP contribution in [0.2, 0.25) is 0 Å². The summed E-state index contributed by atoms with van der Waals surface area (Å²) in [4.78, 5) is 26.8.